The molecule has 0 spiro atoms. The summed E-state index contributed by atoms with van der Waals surface area (Å²) in [5.41, 5.74) is 2.56. The number of nitrogens with one attached hydrogen (secondary N) is 3. The number of piperidine rings is 1. The maximum atomic E-state index is 12.1. The van der Waals surface area contributed by atoms with Gasteiger partial charge in [0.05, 0.1) is 11.1 Å². The largest absolute Gasteiger partial charge is 0.478 e. The first-order valence-corrected chi connectivity index (χ1v) is 13.2. The van der Waals surface area contributed by atoms with Gasteiger partial charge in [-0.3, -0.25) is 0 Å². The SMILES string of the molecule is CC1=C(C(=O)O)C(CCCCNC(=O)NCCCN2CCC(c3ccccc3)CC2)C(C(=O)O)=C(C)N1. The van der Waals surface area contributed by atoms with Gasteiger partial charge < -0.3 is 31.1 Å². The Bertz CT molecular complexity index is 977. The fraction of sp³-hybridized carbons (Fsp3) is 0.536. The van der Waals surface area contributed by atoms with Crippen LogP contribution in [0.15, 0.2) is 52.9 Å². The number of amides is 2. The van der Waals surface area contributed by atoms with Crippen LogP contribution >= 0.6 is 0 Å². The van der Waals surface area contributed by atoms with Crippen LogP contribution in [0.1, 0.15) is 63.9 Å². The molecule has 0 aliphatic carbocycles. The number of dihydropyridines is 1. The molecular weight excluding hydrogens is 472 g/mol. The van der Waals surface area contributed by atoms with Gasteiger partial charge in [0, 0.05) is 30.4 Å². The normalized spacial score (nSPS) is 17.5. The van der Waals surface area contributed by atoms with Crippen molar-refractivity contribution in [3.05, 3.63) is 58.4 Å². The number of aliphatic carboxylic acids is 2. The maximum absolute atomic E-state index is 12.1. The average Bonchev–Trinajstić information content (AvgIpc) is 2.86. The Morgan fingerprint density at radius 2 is 1.46 bits per heavy atom. The highest BCUT2D eigenvalue weighted by Crippen LogP contribution is 2.33. The van der Waals surface area contributed by atoms with E-state index in [2.05, 4.69) is 51.2 Å². The molecular formula is C28H40N4O5. The minimum Gasteiger partial charge on any atom is -0.478 e. The van der Waals surface area contributed by atoms with Gasteiger partial charge >= 0.3 is 18.0 Å². The van der Waals surface area contributed by atoms with E-state index in [0.29, 0.717) is 49.7 Å². The van der Waals surface area contributed by atoms with E-state index < -0.39 is 17.9 Å². The number of carboxylic acid groups (broad SMARTS) is 2. The van der Waals surface area contributed by atoms with Gasteiger partial charge in [0.2, 0.25) is 0 Å². The van der Waals surface area contributed by atoms with Gasteiger partial charge in [-0.25, -0.2) is 14.4 Å². The monoisotopic (exact) mass is 512 g/mol. The van der Waals surface area contributed by atoms with Crippen molar-refractivity contribution < 1.29 is 24.6 Å². The van der Waals surface area contributed by atoms with E-state index in [0.717, 1.165) is 26.1 Å². The Labute approximate surface area is 219 Å². The fourth-order valence-corrected chi connectivity index (χ4v) is 5.45. The second kappa shape index (κ2) is 13.8. The number of benzene rings is 1. The van der Waals surface area contributed by atoms with Gasteiger partial charge in [-0.15, -0.1) is 0 Å². The Morgan fingerprint density at radius 3 is 2.03 bits per heavy atom. The zero-order valence-corrected chi connectivity index (χ0v) is 21.9. The summed E-state index contributed by atoms with van der Waals surface area (Å²) in [6, 6.07) is 10.5. The summed E-state index contributed by atoms with van der Waals surface area (Å²) in [4.78, 5) is 38.1. The number of allylic oxidation sites excluding steroid dienone is 2. The summed E-state index contributed by atoms with van der Waals surface area (Å²) >= 11 is 0. The number of likely N-dealkylation sites (tertiary alicyclic amines) is 1. The molecule has 1 saturated heterocycles. The summed E-state index contributed by atoms with van der Waals surface area (Å²) in [5, 5.41) is 27.8. The Hall–Kier alpha value is -3.33. The second-order valence-electron chi connectivity index (χ2n) is 9.92. The number of carboxylic acids is 2. The quantitative estimate of drug-likeness (QED) is 0.270. The topological polar surface area (TPSA) is 131 Å². The summed E-state index contributed by atoms with van der Waals surface area (Å²) in [5.74, 6) is -2.26. The molecule has 2 heterocycles. The molecule has 1 aromatic rings. The Morgan fingerprint density at radius 1 is 0.892 bits per heavy atom. The van der Waals surface area contributed by atoms with Crippen LogP contribution in [0.25, 0.3) is 0 Å². The Balaban J connectivity index is 1.29. The number of unbranched alkanes of at least 4 members (excludes halogenated alkanes) is 1. The predicted molar refractivity (Wildman–Crippen MR) is 142 cm³/mol. The molecule has 9 nitrogen and oxygen atoms in total. The van der Waals surface area contributed by atoms with Gasteiger partial charge in [0.25, 0.3) is 0 Å². The number of rotatable bonds is 12. The summed E-state index contributed by atoms with van der Waals surface area (Å²) in [6.45, 7) is 7.49. The van der Waals surface area contributed by atoms with E-state index in [9.17, 15) is 24.6 Å². The van der Waals surface area contributed by atoms with Gasteiger partial charge in [-0.1, -0.05) is 36.8 Å². The molecule has 2 amide bonds. The summed E-state index contributed by atoms with van der Waals surface area (Å²) in [6.07, 6.45) is 4.85. The van der Waals surface area contributed by atoms with Crippen LogP contribution < -0.4 is 16.0 Å². The molecule has 0 saturated carbocycles. The number of hydrogen-bond donors (Lipinski definition) is 5. The lowest BCUT2D eigenvalue weighted by atomic mass is 9.82. The fourth-order valence-electron chi connectivity index (χ4n) is 5.45. The van der Waals surface area contributed by atoms with Crippen LogP contribution in [-0.4, -0.2) is 65.8 Å². The maximum Gasteiger partial charge on any atom is 0.333 e. The Kier molecular flexibility index (Phi) is 10.6. The van der Waals surface area contributed by atoms with E-state index in [1.807, 2.05) is 0 Å². The van der Waals surface area contributed by atoms with Gasteiger partial charge in [0.1, 0.15) is 0 Å². The smallest absolute Gasteiger partial charge is 0.333 e. The van der Waals surface area contributed by atoms with Crippen LogP contribution in [0, 0.1) is 5.92 Å². The predicted octanol–water partition coefficient (Wildman–Crippen LogP) is 3.66. The van der Waals surface area contributed by atoms with Crippen molar-refractivity contribution in [3.63, 3.8) is 0 Å². The molecule has 2 aliphatic rings. The molecule has 0 radical (unpaired) electrons. The molecule has 1 aromatic carbocycles. The molecule has 9 heteroatoms. The third-order valence-corrected chi connectivity index (χ3v) is 7.34. The van der Waals surface area contributed by atoms with Crippen LogP contribution in [0.2, 0.25) is 0 Å². The molecule has 0 aromatic heterocycles. The van der Waals surface area contributed by atoms with E-state index in [1.54, 1.807) is 13.8 Å². The number of carbonyl (C=O) groups excluding carboxylic acids is 1. The van der Waals surface area contributed by atoms with E-state index >= 15 is 0 Å². The number of carbonyl (C=O) groups is 3. The zero-order chi connectivity index (χ0) is 26.8. The average molecular weight is 513 g/mol. The minimum atomic E-state index is -1.11. The van der Waals surface area contributed by atoms with Crippen LogP contribution in [0.3, 0.4) is 0 Å². The minimum absolute atomic E-state index is 0.0954. The van der Waals surface area contributed by atoms with Crippen LogP contribution in [0.5, 0.6) is 0 Å². The molecule has 3 rings (SSSR count). The third-order valence-electron chi connectivity index (χ3n) is 7.34. The standard InChI is InChI=1S/C28H40N4O5/c1-19-24(26(33)34)23(25(27(35)36)20(2)31-19)11-6-7-14-29-28(37)30-15-8-16-32-17-12-22(13-18-32)21-9-4-3-5-10-21/h3-5,9-10,22-23,31H,6-8,11-18H2,1-2H3,(H,33,34)(H,35,36)(H2,29,30,37). The van der Waals surface area contributed by atoms with Gasteiger partial charge in [-0.05, 0) is 77.1 Å². The van der Waals surface area contributed by atoms with Gasteiger partial charge in [0.15, 0.2) is 0 Å². The first-order chi connectivity index (χ1) is 17.8. The van der Waals surface area contributed by atoms with Crippen molar-refractivity contribution in [2.45, 2.75) is 58.3 Å². The van der Waals surface area contributed by atoms with Crippen molar-refractivity contribution in [2.75, 3.05) is 32.7 Å². The summed E-state index contributed by atoms with van der Waals surface area (Å²) < 4.78 is 0. The first kappa shape index (κ1) is 28.2. The molecule has 2 aliphatic heterocycles. The zero-order valence-electron chi connectivity index (χ0n) is 21.9. The van der Waals surface area contributed by atoms with Crippen molar-refractivity contribution in [2.24, 2.45) is 5.92 Å². The molecule has 0 atom stereocenters. The van der Waals surface area contributed by atoms with E-state index in [-0.39, 0.29) is 17.2 Å². The van der Waals surface area contributed by atoms with E-state index in [1.165, 1.54) is 18.4 Å². The van der Waals surface area contributed by atoms with Crippen molar-refractivity contribution in [3.8, 4) is 0 Å². The third kappa shape index (κ3) is 8.08. The second-order valence-corrected chi connectivity index (χ2v) is 9.92. The number of hydrogen-bond acceptors (Lipinski definition) is 5. The number of urea groups is 1. The molecule has 202 valence electrons. The van der Waals surface area contributed by atoms with Crippen molar-refractivity contribution in [1.82, 2.24) is 20.9 Å². The van der Waals surface area contributed by atoms with Gasteiger partial charge in [-0.2, -0.15) is 0 Å². The molecule has 1 fully saturated rings. The molecule has 0 bridgehead atoms. The highest BCUT2D eigenvalue weighted by molar-refractivity contribution is 5.96. The number of nitrogens with zero attached hydrogens (tertiary/aromatic N) is 1. The summed E-state index contributed by atoms with van der Waals surface area (Å²) in [7, 11) is 0. The lowest BCUT2D eigenvalue weighted by Crippen LogP contribution is -2.39. The lowest BCUT2D eigenvalue weighted by Gasteiger charge is -2.32. The van der Waals surface area contributed by atoms with E-state index in [4.69, 9.17) is 0 Å². The highest BCUT2D eigenvalue weighted by atomic mass is 16.4. The molecule has 5 N–H and O–H groups in total. The van der Waals surface area contributed by atoms with Crippen LogP contribution in [0.4, 0.5) is 4.79 Å². The van der Waals surface area contributed by atoms with Crippen molar-refractivity contribution in [1.29, 1.82) is 0 Å². The highest BCUT2D eigenvalue weighted by Gasteiger charge is 2.34. The van der Waals surface area contributed by atoms with Crippen molar-refractivity contribution >= 4 is 18.0 Å². The lowest BCUT2D eigenvalue weighted by molar-refractivity contribution is -0.134. The first-order valence-electron chi connectivity index (χ1n) is 13.2. The molecule has 0 unspecified atom stereocenters. The molecule has 37 heavy (non-hydrogen) atoms. The van der Waals surface area contributed by atoms with Crippen LogP contribution in [-0.2, 0) is 9.59 Å².